The number of carbonyl (C=O) groups excluding carboxylic acids is 2. The third kappa shape index (κ3) is 3.98. The molecule has 1 amide bonds. The van der Waals surface area contributed by atoms with Crippen LogP contribution in [0.5, 0.6) is 11.5 Å². The quantitative estimate of drug-likeness (QED) is 0.515. The van der Waals surface area contributed by atoms with Gasteiger partial charge in [0.1, 0.15) is 22.7 Å². The molecule has 1 N–H and O–H groups in total. The Kier molecular flexibility index (Phi) is 5.84. The highest BCUT2D eigenvalue weighted by Gasteiger charge is 2.41. The Morgan fingerprint density at radius 3 is 2.62 bits per heavy atom. The Morgan fingerprint density at radius 1 is 1.10 bits per heavy atom. The fraction of sp³-hybridized carbons (Fsp3) is 0.433. The molecule has 9 nitrogen and oxygen atoms in total. The summed E-state index contributed by atoms with van der Waals surface area (Å²) in [6.07, 6.45) is 10.4. The number of aromatic nitrogens is 2. The summed E-state index contributed by atoms with van der Waals surface area (Å²) < 4.78 is 13.5. The summed E-state index contributed by atoms with van der Waals surface area (Å²) in [6.45, 7) is 2.88. The van der Waals surface area contributed by atoms with Crippen molar-refractivity contribution in [1.82, 2.24) is 14.5 Å². The molecule has 39 heavy (non-hydrogen) atoms. The molecular weight excluding hydrogens is 496 g/mol. The highest BCUT2D eigenvalue weighted by atomic mass is 16.5. The Labute approximate surface area is 226 Å². The summed E-state index contributed by atoms with van der Waals surface area (Å²) >= 11 is 0. The van der Waals surface area contributed by atoms with Crippen molar-refractivity contribution in [1.29, 1.82) is 0 Å². The molecule has 3 fully saturated rings. The van der Waals surface area contributed by atoms with Crippen LogP contribution in [0.1, 0.15) is 48.0 Å². The first-order valence-electron chi connectivity index (χ1n) is 13.8. The van der Waals surface area contributed by atoms with Gasteiger partial charge in [0.25, 0.3) is 0 Å². The fourth-order valence-corrected chi connectivity index (χ4v) is 6.82. The molecule has 0 radical (unpaired) electrons. The summed E-state index contributed by atoms with van der Waals surface area (Å²) in [5.41, 5.74) is 2.86. The van der Waals surface area contributed by atoms with Crippen molar-refractivity contribution in [2.24, 2.45) is 13.0 Å². The molecule has 7 rings (SSSR count). The normalized spacial score (nSPS) is 24.3. The first kappa shape index (κ1) is 24.2. The number of piperidine rings is 2. The van der Waals surface area contributed by atoms with Gasteiger partial charge in [-0.15, -0.1) is 0 Å². The van der Waals surface area contributed by atoms with Gasteiger partial charge >= 0.3 is 0 Å². The Balaban J connectivity index is 1.15. The van der Waals surface area contributed by atoms with Crippen LogP contribution in [-0.4, -0.2) is 69.6 Å². The van der Waals surface area contributed by atoms with Crippen LogP contribution < -0.4 is 9.64 Å². The van der Waals surface area contributed by atoms with Crippen LogP contribution in [0, 0.1) is 5.92 Å². The molecule has 3 saturated heterocycles. The summed E-state index contributed by atoms with van der Waals surface area (Å²) in [5.74, 6) is 0.456. The SMILES string of the molecule is Cn1cc(C=C2Oc3cccc(O)c3C2=O)c2c(N3CCC(C(=O)N4C5CCCC4COC5)CC3)ccnc21. The second-order valence-corrected chi connectivity index (χ2v) is 11.1. The average Bonchev–Trinajstić information content (AvgIpc) is 3.44. The monoisotopic (exact) mass is 528 g/mol. The number of ether oxygens (including phenoxy) is 2. The zero-order valence-corrected chi connectivity index (χ0v) is 22.0. The van der Waals surface area contributed by atoms with E-state index in [4.69, 9.17) is 9.47 Å². The average molecular weight is 529 g/mol. The van der Waals surface area contributed by atoms with Crippen molar-refractivity contribution < 1.29 is 24.2 Å². The van der Waals surface area contributed by atoms with Crippen LogP contribution in [0.4, 0.5) is 5.69 Å². The number of fused-ring (bicyclic) bond motifs is 4. The number of carbonyl (C=O) groups is 2. The van der Waals surface area contributed by atoms with Gasteiger partial charge in [-0.3, -0.25) is 9.59 Å². The number of phenolic OH excluding ortho intramolecular Hbond substituents is 1. The van der Waals surface area contributed by atoms with Crippen LogP contribution in [0.25, 0.3) is 17.1 Å². The topological polar surface area (TPSA) is 97.1 Å². The lowest BCUT2D eigenvalue weighted by atomic mass is 9.89. The zero-order valence-electron chi connectivity index (χ0n) is 22.0. The molecule has 9 heteroatoms. The number of Topliss-reactive ketones (excluding diaryl/α,β-unsaturated/α-hetero) is 1. The van der Waals surface area contributed by atoms with E-state index in [1.54, 1.807) is 18.2 Å². The lowest BCUT2D eigenvalue weighted by molar-refractivity contribution is -0.155. The number of hydrogen-bond acceptors (Lipinski definition) is 7. The van der Waals surface area contributed by atoms with E-state index < -0.39 is 0 Å². The van der Waals surface area contributed by atoms with Gasteiger partial charge in [0.2, 0.25) is 11.7 Å². The predicted octanol–water partition coefficient (Wildman–Crippen LogP) is 3.89. The van der Waals surface area contributed by atoms with Gasteiger partial charge in [0.05, 0.1) is 25.3 Å². The van der Waals surface area contributed by atoms with Crippen LogP contribution in [0.3, 0.4) is 0 Å². The number of aryl methyl sites for hydroxylation is 1. The second kappa shape index (κ2) is 9.41. The fourth-order valence-electron chi connectivity index (χ4n) is 6.82. The molecule has 0 saturated carbocycles. The van der Waals surface area contributed by atoms with E-state index >= 15 is 0 Å². The van der Waals surface area contributed by atoms with Crippen LogP contribution in [-0.2, 0) is 16.6 Å². The maximum absolute atomic E-state index is 13.6. The van der Waals surface area contributed by atoms with E-state index in [9.17, 15) is 14.7 Å². The van der Waals surface area contributed by atoms with Crippen molar-refractivity contribution in [3.8, 4) is 11.5 Å². The van der Waals surface area contributed by atoms with Gasteiger partial charge in [-0.25, -0.2) is 4.98 Å². The van der Waals surface area contributed by atoms with Crippen molar-refractivity contribution in [2.75, 3.05) is 31.2 Å². The third-order valence-electron chi connectivity index (χ3n) is 8.75. The number of allylic oxidation sites excluding steroid dienone is 1. The lowest BCUT2D eigenvalue weighted by Gasteiger charge is -2.47. The highest BCUT2D eigenvalue weighted by molar-refractivity contribution is 6.17. The van der Waals surface area contributed by atoms with Gasteiger partial charge in [-0.1, -0.05) is 6.07 Å². The Bertz CT molecular complexity index is 1480. The zero-order chi connectivity index (χ0) is 26.7. The molecular formula is C30H32N4O5. The van der Waals surface area contributed by atoms with Gasteiger partial charge in [0.15, 0.2) is 5.76 Å². The number of ketones is 1. The van der Waals surface area contributed by atoms with Crippen LogP contribution in [0.15, 0.2) is 42.4 Å². The van der Waals surface area contributed by atoms with E-state index in [1.165, 1.54) is 12.5 Å². The molecule has 6 heterocycles. The van der Waals surface area contributed by atoms with Gasteiger partial charge in [-0.05, 0) is 56.4 Å². The number of rotatable bonds is 3. The molecule has 0 spiro atoms. The van der Waals surface area contributed by atoms with Crippen molar-refractivity contribution in [3.05, 3.63) is 53.5 Å². The lowest BCUT2D eigenvalue weighted by Crippen LogP contribution is -2.59. The smallest absolute Gasteiger partial charge is 0.235 e. The Morgan fingerprint density at radius 2 is 1.87 bits per heavy atom. The van der Waals surface area contributed by atoms with Gasteiger partial charge < -0.3 is 28.9 Å². The molecule has 2 bridgehead atoms. The molecule has 4 aliphatic rings. The second-order valence-electron chi connectivity index (χ2n) is 11.1. The number of nitrogens with zero attached hydrogens (tertiary/aromatic N) is 4. The van der Waals surface area contributed by atoms with E-state index in [-0.39, 0.29) is 40.9 Å². The maximum Gasteiger partial charge on any atom is 0.235 e. The highest BCUT2D eigenvalue weighted by Crippen LogP contribution is 2.40. The molecule has 4 aliphatic heterocycles. The minimum Gasteiger partial charge on any atom is -0.507 e. The minimum atomic E-state index is -0.335. The third-order valence-corrected chi connectivity index (χ3v) is 8.75. The molecule has 1 aromatic carbocycles. The number of phenols is 1. The Hall–Kier alpha value is -3.85. The van der Waals surface area contributed by atoms with Crippen molar-refractivity contribution in [3.63, 3.8) is 0 Å². The largest absolute Gasteiger partial charge is 0.507 e. The number of amides is 1. The molecule has 0 aliphatic carbocycles. The first-order chi connectivity index (χ1) is 19.0. The number of anilines is 1. The van der Waals surface area contributed by atoms with Gasteiger partial charge in [-0.2, -0.15) is 0 Å². The first-order valence-corrected chi connectivity index (χ1v) is 13.8. The van der Waals surface area contributed by atoms with Crippen LogP contribution >= 0.6 is 0 Å². The maximum atomic E-state index is 13.6. The molecule has 2 unspecified atom stereocenters. The number of pyridine rings is 1. The molecule has 3 aromatic rings. The predicted molar refractivity (Wildman–Crippen MR) is 146 cm³/mol. The van der Waals surface area contributed by atoms with Gasteiger partial charge in [0, 0.05) is 55.1 Å². The summed E-state index contributed by atoms with van der Waals surface area (Å²) in [7, 11) is 1.93. The number of aromatic hydroxyl groups is 1. The number of hydrogen-bond donors (Lipinski definition) is 1. The van der Waals surface area contributed by atoms with E-state index in [2.05, 4.69) is 14.8 Å². The van der Waals surface area contributed by atoms with Crippen molar-refractivity contribution >= 4 is 34.5 Å². The van der Waals surface area contributed by atoms with Crippen molar-refractivity contribution in [2.45, 2.75) is 44.2 Å². The minimum absolute atomic E-state index is 0.0350. The number of benzene rings is 1. The molecule has 2 atom stereocenters. The molecule has 202 valence electrons. The van der Waals surface area contributed by atoms with E-state index in [0.29, 0.717) is 24.9 Å². The number of morpholine rings is 1. The standard InChI is InChI=1S/C30H32N4O5/c1-32-15-19(14-25-28(36)27-23(35)6-3-7-24(27)39-25)26-22(8-11-31-29(26)32)33-12-9-18(10-13-33)30(37)34-20-4-2-5-21(34)17-38-16-20/h3,6-8,11,14-15,18,20-21,35H,2,4-5,9-10,12-13,16-17H2,1H3. The summed E-state index contributed by atoms with van der Waals surface area (Å²) in [5, 5.41) is 11.1. The van der Waals surface area contributed by atoms with Crippen LogP contribution in [0.2, 0.25) is 0 Å². The molecule has 2 aromatic heterocycles. The summed E-state index contributed by atoms with van der Waals surface area (Å²) in [4.78, 5) is 35.7. The summed E-state index contributed by atoms with van der Waals surface area (Å²) in [6, 6.07) is 7.30. The van der Waals surface area contributed by atoms with E-state index in [0.717, 1.165) is 61.1 Å². The van der Waals surface area contributed by atoms with E-state index in [1.807, 2.05) is 30.1 Å².